The van der Waals surface area contributed by atoms with E-state index in [-0.39, 0.29) is 16.5 Å². The van der Waals surface area contributed by atoms with Crippen LogP contribution in [-0.4, -0.2) is 9.97 Å². The van der Waals surface area contributed by atoms with Gasteiger partial charge in [-0.3, -0.25) is 0 Å². The van der Waals surface area contributed by atoms with E-state index in [1.807, 2.05) is 17.5 Å². The zero-order valence-corrected chi connectivity index (χ0v) is 11.5. The molecule has 4 nitrogen and oxygen atoms in total. The van der Waals surface area contributed by atoms with Crippen LogP contribution in [0.1, 0.15) is 5.56 Å². The Labute approximate surface area is 122 Å². The van der Waals surface area contributed by atoms with Crippen LogP contribution in [0.2, 0.25) is 5.28 Å². The molecule has 0 amide bonds. The molecule has 1 aromatic carbocycles. The standard InChI is InChI=1S/C13H6ClFN4S/c14-13-18-11(8-3-4-20-12(8)19-13)17-10-2-1-7(6-16)5-9(10)15/h1-5H,(H,17,18,19). The summed E-state index contributed by atoms with van der Waals surface area (Å²) in [5.41, 5.74) is 0.487. The molecule has 3 aromatic rings. The number of benzene rings is 1. The van der Waals surface area contributed by atoms with Crippen molar-refractivity contribution >= 4 is 44.7 Å². The summed E-state index contributed by atoms with van der Waals surface area (Å²) in [6.45, 7) is 0. The highest BCUT2D eigenvalue weighted by Crippen LogP contribution is 2.29. The number of nitrogens with one attached hydrogen (secondary N) is 1. The topological polar surface area (TPSA) is 61.6 Å². The van der Waals surface area contributed by atoms with Crippen molar-refractivity contribution in [1.29, 1.82) is 5.26 Å². The molecular weight excluding hydrogens is 299 g/mol. The summed E-state index contributed by atoms with van der Waals surface area (Å²) in [7, 11) is 0. The van der Waals surface area contributed by atoms with Crippen LogP contribution >= 0.6 is 22.9 Å². The van der Waals surface area contributed by atoms with E-state index in [0.717, 1.165) is 16.3 Å². The first-order chi connectivity index (χ1) is 9.67. The summed E-state index contributed by atoms with van der Waals surface area (Å²) < 4.78 is 13.9. The molecule has 0 saturated heterocycles. The van der Waals surface area contributed by atoms with Crippen molar-refractivity contribution in [3.63, 3.8) is 0 Å². The van der Waals surface area contributed by atoms with Gasteiger partial charge in [0, 0.05) is 0 Å². The van der Waals surface area contributed by atoms with Crippen molar-refractivity contribution in [2.75, 3.05) is 5.32 Å². The number of nitriles is 1. The van der Waals surface area contributed by atoms with Gasteiger partial charge < -0.3 is 5.32 Å². The quantitative estimate of drug-likeness (QED) is 0.724. The predicted octanol–water partition coefficient (Wildman–Crippen LogP) is 4.10. The maximum atomic E-state index is 13.9. The van der Waals surface area contributed by atoms with Gasteiger partial charge in [0.2, 0.25) is 5.28 Å². The molecule has 0 bridgehead atoms. The van der Waals surface area contributed by atoms with Gasteiger partial charge >= 0.3 is 0 Å². The van der Waals surface area contributed by atoms with Crippen molar-refractivity contribution in [3.8, 4) is 6.07 Å². The van der Waals surface area contributed by atoms with Crippen molar-refractivity contribution in [2.24, 2.45) is 0 Å². The van der Waals surface area contributed by atoms with Crippen LogP contribution in [0.3, 0.4) is 0 Å². The lowest BCUT2D eigenvalue weighted by molar-refractivity contribution is 0.631. The van der Waals surface area contributed by atoms with E-state index in [2.05, 4.69) is 15.3 Å². The minimum absolute atomic E-state index is 0.0940. The maximum absolute atomic E-state index is 13.9. The number of rotatable bonds is 2. The molecule has 0 spiro atoms. The second-order valence-corrected chi connectivity index (χ2v) is 5.14. The number of halogens is 2. The Morgan fingerprint density at radius 1 is 1.30 bits per heavy atom. The molecule has 7 heteroatoms. The fourth-order valence-corrected chi connectivity index (χ4v) is 2.72. The number of nitrogens with zero attached hydrogens (tertiary/aromatic N) is 3. The van der Waals surface area contributed by atoms with Crippen LogP contribution in [0, 0.1) is 17.1 Å². The normalized spacial score (nSPS) is 10.4. The first kappa shape index (κ1) is 12.8. The molecule has 98 valence electrons. The van der Waals surface area contributed by atoms with Gasteiger partial charge in [0.1, 0.15) is 16.5 Å². The van der Waals surface area contributed by atoms with Crippen molar-refractivity contribution in [3.05, 3.63) is 46.3 Å². The third-order valence-electron chi connectivity index (χ3n) is 2.65. The number of hydrogen-bond donors (Lipinski definition) is 1. The summed E-state index contributed by atoms with van der Waals surface area (Å²) in [5.74, 6) is -0.0907. The van der Waals surface area contributed by atoms with E-state index < -0.39 is 5.82 Å². The van der Waals surface area contributed by atoms with Crippen LogP contribution in [-0.2, 0) is 0 Å². The van der Waals surface area contributed by atoms with Crippen LogP contribution in [0.5, 0.6) is 0 Å². The Morgan fingerprint density at radius 2 is 2.15 bits per heavy atom. The molecule has 0 radical (unpaired) electrons. The number of hydrogen-bond acceptors (Lipinski definition) is 5. The monoisotopic (exact) mass is 304 g/mol. The van der Waals surface area contributed by atoms with Crippen molar-refractivity contribution in [1.82, 2.24) is 9.97 Å². The maximum Gasteiger partial charge on any atom is 0.225 e. The second-order valence-electron chi connectivity index (χ2n) is 3.91. The van der Waals surface area contributed by atoms with Gasteiger partial charge in [0.15, 0.2) is 0 Å². The van der Waals surface area contributed by atoms with E-state index in [1.54, 1.807) is 0 Å². The van der Waals surface area contributed by atoms with Gasteiger partial charge in [-0.15, -0.1) is 11.3 Å². The van der Waals surface area contributed by atoms with Gasteiger partial charge in [-0.05, 0) is 41.2 Å². The molecule has 2 heterocycles. The van der Waals surface area contributed by atoms with E-state index in [4.69, 9.17) is 16.9 Å². The predicted molar refractivity (Wildman–Crippen MR) is 76.8 cm³/mol. The second kappa shape index (κ2) is 5.04. The SMILES string of the molecule is N#Cc1ccc(Nc2nc(Cl)nc3sccc23)c(F)c1. The lowest BCUT2D eigenvalue weighted by atomic mass is 10.2. The lowest BCUT2D eigenvalue weighted by Gasteiger charge is -2.08. The number of anilines is 2. The summed E-state index contributed by atoms with van der Waals surface area (Å²) in [6, 6.07) is 7.89. The number of aromatic nitrogens is 2. The summed E-state index contributed by atoms with van der Waals surface area (Å²) in [5, 5.41) is 14.3. The fraction of sp³-hybridized carbons (Fsp3) is 0. The summed E-state index contributed by atoms with van der Waals surface area (Å²) in [6.07, 6.45) is 0. The average Bonchev–Trinajstić information content (AvgIpc) is 2.89. The molecule has 0 aliphatic rings. The summed E-state index contributed by atoms with van der Waals surface area (Å²) in [4.78, 5) is 8.88. The molecule has 0 atom stereocenters. The molecule has 2 aromatic heterocycles. The van der Waals surface area contributed by atoms with Crippen LogP contribution in [0.4, 0.5) is 15.9 Å². The van der Waals surface area contributed by atoms with E-state index in [0.29, 0.717) is 5.82 Å². The van der Waals surface area contributed by atoms with Gasteiger partial charge in [0.25, 0.3) is 0 Å². The average molecular weight is 305 g/mol. The van der Waals surface area contributed by atoms with E-state index in [1.165, 1.54) is 23.5 Å². The Hall–Kier alpha value is -2.23. The van der Waals surface area contributed by atoms with Crippen LogP contribution in [0.15, 0.2) is 29.6 Å². The van der Waals surface area contributed by atoms with Gasteiger partial charge in [-0.1, -0.05) is 0 Å². The Morgan fingerprint density at radius 3 is 2.90 bits per heavy atom. The van der Waals surface area contributed by atoms with Crippen molar-refractivity contribution < 1.29 is 4.39 Å². The van der Waals surface area contributed by atoms with Gasteiger partial charge in [0.05, 0.1) is 22.7 Å². The molecule has 0 aliphatic heterocycles. The Balaban J connectivity index is 2.05. The first-order valence-corrected chi connectivity index (χ1v) is 6.80. The van der Waals surface area contributed by atoms with Crippen molar-refractivity contribution in [2.45, 2.75) is 0 Å². The first-order valence-electron chi connectivity index (χ1n) is 5.55. The molecule has 1 N–H and O–H groups in total. The zero-order chi connectivity index (χ0) is 14.1. The lowest BCUT2D eigenvalue weighted by Crippen LogP contribution is -1.98. The van der Waals surface area contributed by atoms with E-state index >= 15 is 0 Å². The van der Waals surface area contributed by atoms with Gasteiger partial charge in [-0.25, -0.2) is 9.37 Å². The third-order valence-corrected chi connectivity index (χ3v) is 3.62. The third kappa shape index (κ3) is 2.29. The van der Waals surface area contributed by atoms with Gasteiger partial charge in [-0.2, -0.15) is 10.2 Å². The molecule has 0 aliphatic carbocycles. The zero-order valence-electron chi connectivity index (χ0n) is 9.89. The largest absolute Gasteiger partial charge is 0.337 e. The summed E-state index contributed by atoms with van der Waals surface area (Å²) >= 11 is 7.27. The number of fused-ring (bicyclic) bond motifs is 1. The van der Waals surface area contributed by atoms with Crippen LogP contribution < -0.4 is 5.32 Å². The smallest absolute Gasteiger partial charge is 0.225 e. The minimum Gasteiger partial charge on any atom is -0.337 e. The highest BCUT2D eigenvalue weighted by Gasteiger charge is 2.10. The highest BCUT2D eigenvalue weighted by molar-refractivity contribution is 7.16. The van der Waals surface area contributed by atoms with Crippen LogP contribution in [0.25, 0.3) is 10.2 Å². The number of thiophene rings is 1. The molecular formula is C13H6ClFN4S. The molecule has 0 fully saturated rings. The Bertz CT molecular complexity index is 840. The van der Waals surface area contributed by atoms with E-state index in [9.17, 15) is 4.39 Å². The molecule has 20 heavy (non-hydrogen) atoms. The molecule has 0 unspecified atom stereocenters. The highest BCUT2D eigenvalue weighted by atomic mass is 35.5. The molecule has 3 rings (SSSR count). The molecule has 0 saturated carbocycles. The fourth-order valence-electron chi connectivity index (χ4n) is 1.74. The minimum atomic E-state index is -0.526. The Kier molecular flexibility index (Phi) is 3.22.